The molecule has 5 aliphatic carbocycles. The molecule has 0 aromatic heterocycles. The van der Waals surface area contributed by atoms with Crippen molar-refractivity contribution in [3.05, 3.63) is 24.7 Å². The van der Waals surface area contributed by atoms with E-state index in [0.717, 1.165) is 64.2 Å². The molecule has 230 valence electrons. The molecule has 0 radical (unpaired) electrons. The van der Waals surface area contributed by atoms with Crippen molar-refractivity contribution in [1.29, 1.82) is 0 Å². The van der Waals surface area contributed by atoms with Gasteiger partial charge in [0.15, 0.2) is 6.10 Å². The highest BCUT2D eigenvalue weighted by Gasteiger charge is 2.72. The van der Waals surface area contributed by atoms with E-state index in [0.29, 0.717) is 36.2 Å². The van der Waals surface area contributed by atoms with Crippen LogP contribution in [0.3, 0.4) is 0 Å². The molecule has 6 aliphatic rings. The summed E-state index contributed by atoms with van der Waals surface area (Å²) in [6.45, 7) is 20.7. The van der Waals surface area contributed by atoms with Crippen molar-refractivity contribution in [2.75, 3.05) is 19.8 Å². The molecule has 6 fully saturated rings. The Bertz CT molecular complexity index is 1100. The van der Waals surface area contributed by atoms with E-state index in [-0.39, 0.29) is 47.4 Å². The Kier molecular flexibility index (Phi) is 7.02. The first kappa shape index (κ1) is 29.5. The van der Waals surface area contributed by atoms with Crippen LogP contribution >= 0.6 is 0 Å². The Morgan fingerprint density at radius 2 is 1.73 bits per heavy atom. The Morgan fingerprint density at radius 1 is 0.976 bits per heavy atom. The Balaban J connectivity index is 1.32. The first-order valence-corrected chi connectivity index (χ1v) is 16.4. The summed E-state index contributed by atoms with van der Waals surface area (Å²) in [5.41, 5.74) is 0.672. The normalized spacial score (nSPS) is 52.3. The van der Waals surface area contributed by atoms with Crippen molar-refractivity contribution in [2.45, 2.75) is 111 Å². The summed E-state index contributed by atoms with van der Waals surface area (Å²) in [4.78, 5) is 14.1. The van der Waals surface area contributed by atoms with Gasteiger partial charge >= 0.3 is 5.97 Å². The summed E-state index contributed by atoms with van der Waals surface area (Å²) in [7, 11) is 0. The van der Waals surface area contributed by atoms with Gasteiger partial charge in [-0.15, -0.1) is 0 Å². The molecule has 5 saturated carbocycles. The number of hydrogen-bond donors (Lipinski definition) is 2. The number of aliphatic hydroxyl groups is 2. The molecule has 6 nitrogen and oxygen atoms in total. The van der Waals surface area contributed by atoms with E-state index >= 15 is 0 Å². The van der Waals surface area contributed by atoms with Gasteiger partial charge < -0.3 is 24.4 Å². The number of hydrogen-bond acceptors (Lipinski definition) is 6. The first-order chi connectivity index (χ1) is 19.3. The summed E-state index contributed by atoms with van der Waals surface area (Å²) in [5, 5.41) is 21.6. The molecule has 5 unspecified atom stereocenters. The summed E-state index contributed by atoms with van der Waals surface area (Å²) in [5.74, 6) is 2.17. The average molecular weight is 571 g/mol. The first-order valence-electron chi connectivity index (χ1n) is 16.4. The zero-order valence-electron chi connectivity index (χ0n) is 26.2. The third-order valence-electron chi connectivity index (χ3n) is 14.7. The lowest BCUT2D eigenvalue weighted by molar-refractivity contribution is -0.254. The van der Waals surface area contributed by atoms with Gasteiger partial charge in [-0.05, 0) is 124 Å². The van der Waals surface area contributed by atoms with Crippen molar-refractivity contribution in [2.24, 2.45) is 56.7 Å². The molecule has 1 heterocycles. The number of aliphatic hydroxyl groups excluding tert-OH is 2. The molecule has 1 saturated heterocycles. The number of rotatable bonds is 5. The van der Waals surface area contributed by atoms with E-state index < -0.39 is 16.9 Å². The second-order valence-electron chi connectivity index (χ2n) is 16.1. The Labute approximate surface area is 247 Å². The second kappa shape index (κ2) is 9.74. The van der Waals surface area contributed by atoms with Crippen LogP contribution in [0.2, 0.25) is 0 Å². The van der Waals surface area contributed by atoms with Crippen molar-refractivity contribution in [1.82, 2.24) is 0 Å². The van der Waals surface area contributed by atoms with Crippen LogP contribution in [0, 0.1) is 56.7 Å². The molecule has 2 N–H and O–H groups in total. The zero-order valence-corrected chi connectivity index (χ0v) is 26.2. The van der Waals surface area contributed by atoms with Gasteiger partial charge in [0.05, 0.1) is 18.1 Å². The van der Waals surface area contributed by atoms with Gasteiger partial charge in [-0.1, -0.05) is 39.8 Å². The van der Waals surface area contributed by atoms with Crippen molar-refractivity contribution >= 4 is 5.97 Å². The summed E-state index contributed by atoms with van der Waals surface area (Å²) in [6, 6.07) is 0. The number of allylic oxidation sites excluding steroid dienone is 1. The van der Waals surface area contributed by atoms with Gasteiger partial charge in [-0.3, -0.25) is 4.79 Å². The number of esters is 1. The van der Waals surface area contributed by atoms with Gasteiger partial charge in [0.2, 0.25) is 0 Å². The highest BCUT2D eigenvalue weighted by Crippen LogP contribution is 2.77. The van der Waals surface area contributed by atoms with E-state index in [1.807, 2.05) is 0 Å². The minimum Gasteiger partial charge on any atom is -0.462 e. The van der Waals surface area contributed by atoms with Crippen LogP contribution < -0.4 is 0 Å². The number of fused-ring (bicyclic) bond motifs is 7. The maximum atomic E-state index is 14.1. The van der Waals surface area contributed by atoms with E-state index in [4.69, 9.17) is 14.2 Å². The van der Waals surface area contributed by atoms with Gasteiger partial charge in [0.1, 0.15) is 13.2 Å². The van der Waals surface area contributed by atoms with Crippen LogP contribution in [0.25, 0.3) is 0 Å². The molecular formula is C35H54O6. The molecule has 0 spiro atoms. The Hall–Kier alpha value is -1.53. The lowest BCUT2D eigenvalue weighted by atomic mass is 9.32. The number of carbonyl (C=O) groups excluding carboxylic acids is 1. The highest BCUT2D eigenvalue weighted by molar-refractivity contribution is 5.78. The second-order valence-corrected chi connectivity index (χ2v) is 16.1. The molecule has 0 bridgehead atoms. The van der Waals surface area contributed by atoms with Gasteiger partial charge in [0.25, 0.3) is 5.95 Å². The fraction of sp³-hybridized carbons (Fsp3) is 0.857. The summed E-state index contributed by atoms with van der Waals surface area (Å²) >= 11 is 0. The molecule has 12 atom stereocenters. The number of carbonyl (C=O) groups is 1. The molecule has 6 rings (SSSR count). The van der Waals surface area contributed by atoms with Gasteiger partial charge in [-0.2, -0.15) is 0 Å². The standard InChI is InChI=1S/C35H54O6/c1-21(2)24-10-15-35(30(38)40-19-23-18-39-22(3)41-23)17-16-33(6)25(29(24)35)8-9-27-31(4)13-12-28(37)32(5,20-36)26(31)11-14-34(27,33)7/h23-29,36-37H,1,3,8-20H2,2,4-7H3/t23?,24-,25?,26?,27?,28-,29?,31-,32-,33+,34+,35-/m0/s1. The maximum absolute atomic E-state index is 14.1. The molecular weight excluding hydrogens is 516 g/mol. The van der Waals surface area contributed by atoms with Gasteiger partial charge in [-0.25, -0.2) is 0 Å². The van der Waals surface area contributed by atoms with Crippen molar-refractivity contribution in [3.8, 4) is 0 Å². The third-order valence-corrected chi connectivity index (χ3v) is 14.7. The fourth-order valence-electron chi connectivity index (χ4n) is 12.4. The lowest BCUT2D eigenvalue weighted by Gasteiger charge is -2.72. The average Bonchev–Trinajstić information content (AvgIpc) is 3.54. The molecule has 1 aliphatic heterocycles. The van der Waals surface area contributed by atoms with Crippen LogP contribution in [0.4, 0.5) is 0 Å². The van der Waals surface area contributed by atoms with Crippen molar-refractivity contribution < 1.29 is 29.2 Å². The lowest BCUT2D eigenvalue weighted by Crippen LogP contribution is -2.67. The highest BCUT2D eigenvalue weighted by atomic mass is 16.7. The van der Waals surface area contributed by atoms with Crippen molar-refractivity contribution in [3.63, 3.8) is 0 Å². The third kappa shape index (κ3) is 3.90. The molecule has 6 heteroatoms. The van der Waals surface area contributed by atoms with Crippen LogP contribution in [0.1, 0.15) is 98.8 Å². The van der Waals surface area contributed by atoms with Crippen LogP contribution in [0.5, 0.6) is 0 Å². The minimum atomic E-state index is -0.459. The summed E-state index contributed by atoms with van der Waals surface area (Å²) < 4.78 is 17.0. The molecule has 41 heavy (non-hydrogen) atoms. The SMILES string of the molecule is C=C1OCC(COC(=O)[C@]23CC[C@@H](C(=C)C)C2C2CCC4[C@@]5(C)CC[C@H](O)[C@@](C)(CO)C5CC[C@@]4(C)[C@]2(C)CC3)O1. The van der Waals surface area contributed by atoms with Crippen LogP contribution in [-0.4, -0.2) is 48.2 Å². The molecule has 0 aromatic carbocycles. The van der Waals surface area contributed by atoms with E-state index in [9.17, 15) is 15.0 Å². The maximum Gasteiger partial charge on any atom is 0.312 e. The molecule has 0 aromatic rings. The quantitative estimate of drug-likeness (QED) is 0.294. The van der Waals surface area contributed by atoms with Crippen LogP contribution in [-0.2, 0) is 19.0 Å². The van der Waals surface area contributed by atoms with Gasteiger partial charge in [0, 0.05) is 5.41 Å². The predicted molar refractivity (Wildman–Crippen MR) is 157 cm³/mol. The number of ether oxygens (including phenoxy) is 3. The van der Waals surface area contributed by atoms with E-state index in [2.05, 4.69) is 47.8 Å². The Morgan fingerprint density at radius 3 is 2.39 bits per heavy atom. The monoisotopic (exact) mass is 570 g/mol. The minimum absolute atomic E-state index is 0.0441. The van der Waals surface area contributed by atoms with Crippen LogP contribution in [0.15, 0.2) is 24.7 Å². The smallest absolute Gasteiger partial charge is 0.312 e. The summed E-state index contributed by atoms with van der Waals surface area (Å²) in [6.07, 6.45) is 9.34. The topological polar surface area (TPSA) is 85.2 Å². The zero-order chi connectivity index (χ0) is 29.6. The molecule has 0 amide bonds. The van der Waals surface area contributed by atoms with E-state index in [1.54, 1.807) is 0 Å². The largest absolute Gasteiger partial charge is 0.462 e. The predicted octanol–water partition coefficient (Wildman–Crippen LogP) is 6.41. The van der Waals surface area contributed by atoms with E-state index in [1.165, 1.54) is 5.57 Å². The fourth-order valence-corrected chi connectivity index (χ4v) is 12.4.